The number of halogens is 3. The van der Waals surface area contributed by atoms with Gasteiger partial charge in [-0.05, 0) is 73.0 Å². The molecule has 4 aromatic rings. The summed E-state index contributed by atoms with van der Waals surface area (Å²) in [4.78, 5) is 33.6. The third-order valence-electron chi connectivity index (χ3n) is 6.03. The number of aromatic nitrogens is 4. The van der Waals surface area contributed by atoms with Gasteiger partial charge in [-0.25, -0.2) is 4.98 Å². The Morgan fingerprint density at radius 3 is 2.49 bits per heavy atom. The van der Waals surface area contributed by atoms with Crippen molar-refractivity contribution in [1.82, 2.24) is 25.5 Å². The molecule has 2 amide bonds. The van der Waals surface area contributed by atoms with Gasteiger partial charge in [0.25, 0.3) is 11.8 Å². The van der Waals surface area contributed by atoms with E-state index in [9.17, 15) is 27.9 Å². The number of nitrogens with one attached hydrogen (secondary N) is 3. The lowest BCUT2D eigenvalue weighted by molar-refractivity contribution is -0.137. The highest BCUT2D eigenvalue weighted by Crippen LogP contribution is 2.33. The Balaban J connectivity index is 1.73. The van der Waals surface area contributed by atoms with Gasteiger partial charge in [-0.15, -0.1) is 5.10 Å². The molecule has 0 aliphatic carbocycles. The number of hydrogen-bond acceptors (Lipinski definition) is 8. The van der Waals surface area contributed by atoms with Gasteiger partial charge in [0.2, 0.25) is 0 Å². The number of carbonyl (C=O) groups is 2. The SMILES string of the molecule is CNC(=O)c1cc(-c2cc(-c3cc(NC(=O)c4cc(C(F)(F)F)cnn4)ccc3C)cc(N[C@H](C)CO)n2)ccn1. The number of anilines is 2. The lowest BCUT2D eigenvalue weighted by Gasteiger charge is -2.16. The number of aliphatic hydroxyl groups is 1. The number of aryl methyl sites for hydroxylation is 1. The molecule has 0 fully saturated rings. The van der Waals surface area contributed by atoms with Crippen LogP contribution in [-0.4, -0.2) is 56.8 Å². The van der Waals surface area contributed by atoms with Gasteiger partial charge in [0.15, 0.2) is 5.69 Å². The molecule has 0 bridgehead atoms. The summed E-state index contributed by atoms with van der Waals surface area (Å²) >= 11 is 0. The fourth-order valence-corrected chi connectivity index (χ4v) is 3.89. The van der Waals surface area contributed by atoms with E-state index in [4.69, 9.17) is 0 Å². The molecule has 4 rings (SSSR count). The molecular formula is C28H26F3N7O3. The maximum atomic E-state index is 13.1. The third-order valence-corrected chi connectivity index (χ3v) is 6.03. The first-order chi connectivity index (χ1) is 19.5. The predicted molar refractivity (Wildman–Crippen MR) is 146 cm³/mol. The number of aliphatic hydroxyl groups excluding tert-OH is 1. The number of rotatable bonds is 8. The number of amides is 2. The van der Waals surface area contributed by atoms with Crippen LogP contribution < -0.4 is 16.0 Å². The number of alkyl halides is 3. The van der Waals surface area contributed by atoms with Gasteiger partial charge in [0, 0.05) is 30.5 Å². The van der Waals surface area contributed by atoms with Gasteiger partial charge in [0.05, 0.1) is 24.1 Å². The summed E-state index contributed by atoms with van der Waals surface area (Å²) in [6.45, 7) is 3.50. The summed E-state index contributed by atoms with van der Waals surface area (Å²) in [6.07, 6.45) is -2.63. The molecule has 212 valence electrons. The standard InChI is InChI=1S/C28H26F3N7O3/c1-15-4-5-20(36-27(41)24-11-19(13-34-38-24)28(29,30)31)12-21(15)18-9-22(37-25(10-18)35-16(2)14-39)17-6-7-33-23(8-17)26(40)32-3/h4-13,16,39H,14H2,1-3H3,(H,32,40)(H,35,37)(H,36,41)/t16-/m1/s1. The molecule has 4 N–H and O–H groups in total. The molecule has 1 aromatic carbocycles. The maximum absolute atomic E-state index is 13.1. The van der Waals surface area contributed by atoms with Crippen LogP contribution >= 0.6 is 0 Å². The van der Waals surface area contributed by atoms with Crippen LogP contribution in [0.4, 0.5) is 24.7 Å². The summed E-state index contributed by atoms with van der Waals surface area (Å²) in [7, 11) is 1.50. The quantitative estimate of drug-likeness (QED) is 0.247. The Labute approximate surface area is 233 Å². The Morgan fingerprint density at radius 2 is 1.78 bits per heavy atom. The van der Waals surface area contributed by atoms with Gasteiger partial charge in [0.1, 0.15) is 11.5 Å². The highest BCUT2D eigenvalue weighted by atomic mass is 19.4. The van der Waals surface area contributed by atoms with Crippen LogP contribution in [0.5, 0.6) is 0 Å². The molecule has 0 saturated carbocycles. The van der Waals surface area contributed by atoms with Crippen molar-refractivity contribution in [2.75, 3.05) is 24.3 Å². The normalized spacial score (nSPS) is 12.0. The molecule has 0 unspecified atom stereocenters. The molecule has 1 atom stereocenters. The molecule has 3 heterocycles. The van der Waals surface area contributed by atoms with E-state index in [1.165, 1.54) is 13.2 Å². The zero-order valence-corrected chi connectivity index (χ0v) is 22.2. The molecule has 0 spiro atoms. The Morgan fingerprint density at radius 1 is 1.00 bits per heavy atom. The molecule has 13 heteroatoms. The summed E-state index contributed by atoms with van der Waals surface area (Å²) in [5.41, 5.74) is 2.30. The number of hydrogen-bond donors (Lipinski definition) is 4. The average molecular weight is 566 g/mol. The van der Waals surface area contributed by atoms with E-state index in [2.05, 4.69) is 36.1 Å². The minimum absolute atomic E-state index is 0.143. The summed E-state index contributed by atoms with van der Waals surface area (Å²) in [5, 5.41) is 24.6. The summed E-state index contributed by atoms with van der Waals surface area (Å²) < 4.78 is 39.2. The van der Waals surface area contributed by atoms with Crippen molar-refractivity contribution in [2.24, 2.45) is 0 Å². The molecular weight excluding hydrogens is 539 g/mol. The highest BCUT2D eigenvalue weighted by molar-refractivity contribution is 6.03. The van der Waals surface area contributed by atoms with Gasteiger partial charge in [-0.3, -0.25) is 14.6 Å². The largest absolute Gasteiger partial charge is 0.418 e. The first-order valence-corrected chi connectivity index (χ1v) is 12.4. The summed E-state index contributed by atoms with van der Waals surface area (Å²) in [5.74, 6) is -0.767. The molecule has 0 aliphatic heterocycles. The minimum Gasteiger partial charge on any atom is -0.394 e. The topological polar surface area (TPSA) is 142 Å². The van der Waals surface area contributed by atoms with Crippen molar-refractivity contribution in [3.8, 4) is 22.4 Å². The first-order valence-electron chi connectivity index (χ1n) is 12.4. The van der Waals surface area contributed by atoms with E-state index in [0.29, 0.717) is 46.2 Å². The van der Waals surface area contributed by atoms with E-state index in [0.717, 1.165) is 5.56 Å². The van der Waals surface area contributed by atoms with Crippen molar-refractivity contribution < 1.29 is 27.9 Å². The lowest BCUT2D eigenvalue weighted by atomic mass is 9.98. The van der Waals surface area contributed by atoms with Crippen molar-refractivity contribution in [3.63, 3.8) is 0 Å². The van der Waals surface area contributed by atoms with Crippen molar-refractivity contribution in [2.45, 2.75) is 26.1 Å². The van der Waals surface area contributed by atoms with Crippen LogP contribution in [0.3, 0.4) is 0 Å². The second-order valence-electron chi connectivity index (χ2n) is 9.17. The minimum atomic E-state index is -4.67. The Hall–Kier alpha value is -4.91. The maximum Gasteiger partial charge on any atom is 0.418 e. The van der Waals surface area contributed by atoms with Gasteiger partial charge in [-0.2, -0.15) is 18.3 Å². The van der Waals surface area contributed by atoms with Crippen molar-refractivity contribution in [3.05, 3.63) is 83.4 Å². The van der Waals surface area contributed by atoms with Crippen molar-refractivity contribution >= 4 is 23.3 Å². The molecule has 41 heavy (non-hydrogen) atoms. The van der Waals surface area contributed by atoms with E-state index in [1.54, 1.807) is 49.4 Å². The van der Waals surface area contributed by atoms with Crippen LogP contribution in [0.25, 0.3) is 22.4 Å². The van der Waals surface area contributed by atoms with Crippen LogP contribution in [-0.2, 0) is 6.18 Å². The Bertz CT molecular complexity index is 1590. The van der Waals surface area contributed by atoms with Gasteiger partial charge in [-0.1, -0.05) is 6.07 Å². The summed E-state index contributed by atoms with van der Waals surface area (Å²) in [6, 6.07) is 12.2. The fraction of sp³-hybridized carbons (Fsp3) is 0.214. The fourth-order valence-electron chi connectivity index (χ4n) is 3.89. The van der Waals surface area contributed by atoms with E-state index in [1.807, 2.05) is 6.92 Å². The Kier molecular flexibility index (Phi) is 8.57. The van der Waals surface area contributed by atoms with E-state index in [-0.39, 0.29) is 24.2 Å². The predicted octanol–water partition coefficient (Wildman–Crippen LogP) is 4.33. The van der Waals surface area contributed by atoms with E-state index < -0.39 is 23.3 Å². The van der Waals surface area contributed by atoms with Crippen molar-refractivity contribution in [1.29, 1.82) is 0 Å². The van der Waals surface area contributed by atoms with Crippen LogP contribution in [0.1, 0.15) is 39.0 Å². The molecule has 0 radical (unpaired) electrons. The number of carbonyl (C=O) groups excluding carboxylic acids is 2. The molecule has 0 aliphatic rings. The second-order valence-corrected chi connectivity index (χ2v) is 9.17. The van der Waals surface area contributed by atoms with Gasteiger partial charge < -0.3 is 21.1 Å². The third kappa shape index (κ3) is 7.00. The van der Waals surface area contributed by atoms with E-state index >= 15 is 0 Å². The highest BCUT2D eigenvalue weighted by Gasteiger charge is 2.32. The van der Waals surface area contributed by atoms with Crippen LogP contribution in [0.15, 0.2) is 60.9 Å². The zero-order chi connectivity index (χ0) is 29.7. The monoisotopic (exact) mass is 565 g/mol. The second kappa shape index (κ2) is 12.1. The van der Waals surface area contributed by atoms with Gasteiger partial charge >= 0.3 is 6.18 Å². The first kappa shape index (κ1) is 29.1. The number of pyridine rings is 2. The number of benzene rings is 1. The molecule has 10 nitrogen and oxygen atoms in total. The number of nitrogens with zero attached hydrogens (tertiary/aromatic N) is 4. The smallest absolute Gasteiger partial charge is 0.394 e. The lowest BCUT2D eigenvalue weighted by Crippen LogP contribution is -2.20. The molecule has 0 saturated heterocycles. The van der Waals surface area contributed by atoms with Crippen LogP contribution in [0.2, 0.25) is 0 Å². The molecule has 3 aromatic heterocycles. The average Bonchev–Trinajstić information content (AvgIpc) is 2.97. The van der Waals surface area contributed by atoms with Crippen LogP contribution in [0, 0.1) is 6.92 Å². The zero-order valence-electron chi connectivity index (χ0n) is 22.2.